The van der Waals surface area contributed by atoms with Crippen LogP contribution in [0, 0.1) is 5.82 Å². The van der Waals surface area contributed by atoms with Crippen molar-refractivity contribution in [2.45, 2.75) is 6.54 Å². The van der Waals surface area contributed by atoms with Crippen molar-refractivity contribution in [1.82, 2.24) is 15.0 Å². The fraction of sp³-hybridized carbons (Fsp3) is 0.0769. The number of fused-ring (bicyclic) bond motifs is 1. The van der Waals surface area contributed by atoms with E-state index in [1.54, 1.807) is 12.1 Å². The Hall–Kier alpha value is -2.27. The van der Waals surface area contributed by atoms with Crippen LogP contribution in [-0.2, 0) is 6.54 Å². The molecule has 0 fully saturated rings. The Morgan fingerprint density at radius 1 is 1.17 bits per heavy atom. The second-order valence-electron chi connectivity index (χ2n) is 3.98. The van der Waals surface area contributed by atoms with E-state index in [0.29, 0.717) is 12.2 Å². The van der Waals surface area contributed by atoms with Gasteiger partial charge in [-0.15, -0.1) is 5.10 Å². The molecule has 0 spiro atoms. The fourth-order valence-electron chi connectivity index (χ4n) is 1.90. The molecule has 18 heavy (non-hydrogen) atoms. The molecule has 0 aliphatic heterocycles. The normalized spacial score (nSPS) is 11.0. The van der Waals surface area contributed by atoms with Crippen LogP contribution in [0.5, 0.6) is 0 Å². The smallest absolute Gasteiger partial charge is 0.149 e. The molecule has 0 bridgehead atoms. The first-order valence-electron chi connectivity index (χ1n) is 5.59. The van der Waals surface area contributed by atoms with E-state index in [9.17, 15) is 4.39 Å². The largest absolute Gasteiger partial charge is 0.326 e. The molecule has 3 rings (SSSR count). The standard InChI is InChI=1S/C13H11FN4/c14-10-7-9(8-15)5-6-12(10)18-13-4-2-1-3-11(13)16-17-18/h1-7H,8,15H2. The first-order chi connectivity index (χ1) is 8.79. The lowest BCUT2D eigenvalue weighted by atomic mass is 10.2. The van der Waals surface area contributed by atoms with E-state index in [1.165, 1.54) is 10.7 Å². The zero-order valence-electron chi connectivity index (χ0n) is 9.55. The number of rotatable bonds is 2. The molecule has 0 saturated heterocycles. The van der Waals surface area contributed by atoms with E-state index < -0.39 is 0 Å². The average Bonchev–Trinajstić information content (AvgIpc) is 2.82. The summed E-state index contributed by atoms with van der Waals surface area (Å²) < 4.78 is 15.5. The monoisotopic (exact) mass is 242 g/mol. The minimum atomic E-state index is -0.353. The number of benzene rings is 2. The number of aromatic nitrogens is 3. The lowest BCUT2D eigenvalue weighted by molar-refractivity contribution is 0.607. The van der Waals surface area contributed by atoms with E-state index in [-0.39, 0.29) is 5.82 Å². The summed E-state index contributed by atoms with van der Waals surface area (Å²) in [6, 6.07) is 12.3. The quantitative estimate of drug-likeness (QED) is 0.748. The highest BCUT2D eigenvalue weighted by atomic mass is 19.1. The van der Waals surface area contributed by atoms with Crippen molar-refractivity contribution in [2.75, 3.05) is 0 Å². The number of nitrogens with two attached hydrogens (primary N) is 1. The van der Waals surface area contributed by atoms with E-state index in [0.717, 1.165) is 16.6 Å². The highest BCUT2D eigenvalue weighted by Crippen LogP contribution is 2.19. The molecule has 0 aliphatic carbocycles. The Balaban J connectivity index is 2.20. The molecule has 0 aliphatic rings. The molecule has 3 aromatic rings. The van der Waals surface area contributed by atoms with Crippen molar-refractivity contribution in [3.8, 4) is 5.69 Å². The molecule has 90 valence electrons. The number of hydrogen-bond donors (Lipinski definition) is 1. The van der Waals surface area contributed by atoms with Gasteiger partial charge in [0.05, 0.1) is 5.52 Å². The van der Waals surface area contributed by atoms with Gasteiger partial charge in [-0.05, 0) is 29.8 Å². The van der Waals surface area contributed by atoms with Crippen molar-refractivity contribution < 1.29 is 4.39 Å². The van der Waals surface area contributed by atoms with Gasteiger partial charge in [-0.25, -0.2) is 9.07 Å². The maximum atomic E-state index is 14.0. The van der Waals surface area contributed by atoms with E-state index in [2.05, 4.69) is 10.3 Å². The summed E-state index contributed by atoms with van der Waals surface area (Å²) >= 11 is 0. The van der Waals surface area contributed by atoms with Crippen LogP contribution in [0.25, 0.3) is 16.7 Å². The molecule has 1 heterocycles. The minimum absolute atomic E-state index is 0.315. The Labute approximate surface area is 103 Å². The second kappa shape index (κ2) is 4.19. The Kier molecular flexibility index (Phi) is 2.53. The molecule has 1 aromatic heterocycles. The summed E-state index contributed by atoms with van der Waals surface area (Å²) in [5.74, 6) is -0.353. The molecule has 2 N–H and O–H groups in total. The topological polar surface area (TPSA) is 56.7 Å². The highest BCUT2D eigenvalue weighted by molar-refractivity contribution is 5.75. The van der Waals surface area contributed by atoms with Crippen LogP contribution in [0.2, 0.25) is 0 Å². The van der Waals surface area contributed by atoms with Gasteiger partial charge in [-0.2, -0.15) is 0 Å². The van der Waals surface area contributed by atoms with Crippen LogP contribution in [0.3, 0.4) is 0 Å². The average molecular weight is 242 g/mol. The molecule has 0 amide bonds. The van der Waals surface area contributed by atoms with Crippen LogP contribution in [0.1, 0.15) is 5.56 Å². The van der Waals surface area contributed by atoms with Gasteiger partial charge in [0.25, 0.3) is 0 Å². The van der Waals surface area contributed by atoms with E-state index >= 15 is 0 Å². The Morgan fingerprint density at radius 3 is 2.78 bits per heavy atom. The molecular weight excluding hydrogens is 231 g/mol. The minimum Gasteiger partial charge on any atom is -0.326 e. The summed E-state index contributed by atoms with van der Waals surface area (Å²) in [7, 11) is 0. The fourth-order valence-corrected chi connectivity index (χ4v) is 1.90. The zero-order chi connectivity index (χ0) is 12.5. The molecule has 0 atom stereocenters. The Bertz CT molecular complexity index is 705. The first kappa shape index (κ1) is 10.9. The maximum absolute atomic E-state index is 14.0. The van der Waals surface area contributed by atoms with Gasteiger partial charge in [0.15, 0.2) is 0 Å². The lowest BCUT2D eigenvalue weighted by Crippen LogP contribution is -2.03. The third-order valence-corrected chi connectivity index (χ3v) is 2.83. The van der Waals surface area contributed by atoms with Crippen molar-refractivity contribution in [3.05, 3.63) is 53.8 Å². The lowest BCUT2D eigenvalue weighted by Gasteiger charge is -2.05. The second-order valence-corrected chi connectivity index (χ2v) is 3.98. The molecule has 4 nitrogen and oxygen atoms in total. The van der Waals surface area contributed by atoms with Gasteiger partial charge in [-0.3, -0.25) is 0 Å². The molecule has 5 heteroatoms. The van der Waals surface area contributed by atoms with Crippen LogP contribution in [-0.4, -0.2) is 15.0 Å². The van der Waals surface area contributed by atoms with Gasteiger partial charge in [0.2, 0.25) is 0 Å². The molecule has 0 unspecified atom stereocenters. The van der Waals surface area contributed by atoms with Gasteiger partial charge in [0.1, 0.15) is 17.0 Å². The third-order valence-electron chi connectivity index (χ3n) is 2.83. The number of hydrogen-bond acceptors (Lipinski definition) is 3. The number of para-hydroxylation sites is 1. The molecule has 0 saturated carbocycles. The van der Waals surface area contributed by atoms with Crippen molar-refractivity contribution in [2.24, 2.45) is 5.73 Å². The molecule has 2 aromatic carbocycles. The van der Waals surface area contributed by atoms with Crippen LogP contribution in [0.15, 0.2) is 42.5 Å². The van der Waals surface area contributed by atoms with Crippen molar-refractivity contribution in [3.63, 3.8) is 0 Å². The Morgan fingerprint density at radius 2 is 2.00 bits per heavy atom. The van der Waals surface area contributed by atoms with Crippen LogP contribution >= 0.6 is 0 Å². The van der Waals surface area contributed by atoms with E-state index in [1.807, 2.05) is 24.3 Å². The SMILES string of the molecule is NCc1ccc(-n2nnc3ccccc32)c(F)c1. The maximum Gasteiger partial charge on any atom is 0.149 e. The number of halogens is 1. The summed E-state index contributed by atoms with van der Waals surface area (Å²) in [5, 5.41) is 7.98. The zero-order valence-corrected chi connectivity index (χ0v) is 9.55. The van der Waals surface area contributed by atoms with Crippen LogP contribution < -0.4 is 5.73 Å². The van der Waals surface area contributed by atoms with Gasteiger partial charge in [0, 0.05) is 6.54 Å². The molecule has 0 radical (unpaired) electrons. The van der Waals surface area contributed by atoms with Gasteiger partial charge >= 0.3 is 0 Å². The predicted molar refractivity (Wildman–Crippen MR) is 66.7 cm³/mol. The molecular formula is C13H11FN4. The highest BCUT2D eigenvalue weighted by Gasteiger charge is 2.10. The first-order valence-corrected chi connectivity index (χ1v) is 5.59. The van der Waals surface area contributed by atoms with E-state index in [4.69, 9.17) is 5.73 Å². The number of nitrogens with zero attached hydrogens (tertiary/aromatic N) is 3. The van der Waals surface area contributed by atoms with Crippen molar-refractivity contribution >= 4 is 11.0 Å². The van der Waals surface area contributed by atoms with Crippen molar-refractivity contribution in [1.29, 1.82) is 0 Å². The summed E-state index contributed by atoms with van der Waals surface area (Å²) in [6.45, 7) is 0.315. The summed E-state index contributed by atoms with van der Waals surface area (Å²) in [5.41, 5.74) is 8.11. The van der Waals surface area contributed by atoms with Gasteiger partial charge in [-0.1, -0.05) is 23.4 Å². The van der Waals surface area contributed by atoms with Gasteiger partial charge < -0.3 is 5.73 Å². The summed E-state index contributed by atoms with van der Waals surface area (Å²) in [4.78, 5) is 0. The summed E-state index contributed by atoms with van der Waals surface area (Å²) in [6.07, 6.45) is 0. The predicted octanol–water partition coefficient (Wildman–Crippen LogP) is 2.02. The van der Waals surface area contributed by atoms with Crippen LogP contribution in [0.4, 0.5) is 4.39 Å². The third kappa shape index (κ3) is 1.65.